The van der Waals surface area contributed by atoms with Gasteiger partial charge in [0.25, 0.3) is 0 Å². The maximum absolute atomic E-state index is 10.9. The van der Waals surface area contributed by atoms with Gasteiger partial charge in [-0.1, -0.05) is 18.2 Å². The molecule has 0 heterocycles. The fraction of sp³-hybridized carbons (Fsp3) is 0.125. The predicted octanol–water partition coefficient (Wildman–Crippen LogP) is 3.72. The highest BCUT2D eigenvalue weighted by Gasteiger charge is 2.11. The number of hydrogen-bond acceptors (Lipinski definition) is 4. The van der Waals surface area contributed by atoms with E-state index in [-0.39, 0.29) is 6.61 Å². The summed E-state index contributed by atoms with van der Waals surface area (Å²) in [5.74, 6) is 0.970. The Kier molecular flexibility index (Phi) is 4.96. The Labute approximate surface area is 131 Å². The third-order valence-corrected chi connectivity index (χ3v) is 3.62. The van der Waals surface area contributed by atoms with E-state index >= 15 is 0 Å². The van der Waals surface area contributed by atoms with Gasteiger partial charge in [-0.3, -0.25) is 4.79 Å². The Balaban J connectivity index is 2.26. The Morgan fingerprint density at radius 1 is 1.29 bits per heavy atom. The summed E-state index contributed by atoms with van der Waals surface area (Å²) in [6, 6.07) is 12.6. The van der Waals surface area contributed by atoms with E-state index in [1.165, 1.54) is 7.11 Å². The van der Waals surface area contributed by atoms with Crippen molar-refractivity contribution in [3.63, 3.8) is 0 Å². The molecule has 0 aliphatic heterocycles. The van der Waals surface area contributed by atoms with Crippen LogP contribution >= 0.6 is 15.9 Å². The van der Waals surface area contributed by atoms with E-state index in [1.54, 1.807) is 24.3 Å². The van der Waals surface area contributed by atoms with Gasteiger partial charge in [-0.05, 0) is 34.1 Å². The zero-order valence-electron chi connectivity index (χ0n) is 11.3. The van der Waals surface area contributed by atoms with Gasteiger partial charge in [0.05, 0.1) is 18.7 Å². The van der Waals surface area contributed by atoms with Crippen molar-refractivity contribution in [3.05, 3.63) is 57.6 Å². The number of benzene rings is 2. The van der Waals surface area contributed by atoms with Crippen LogP contribution in [-0.4, -0.2) is 13.4 Å². The number of methoxy groups -OCH3 is 1. The lowest BCUT2D eigenvalue weighted by Gasteiger charge is -2.12. The molecule has 0 atom stereocenters. The summed E-state index contributed by atoms with van der Waals surface area (Å²) in [5, 5.41) is 9.05. The van der Waals surface area contributed by atoms with Gasteiger partial charge in [0.1, 0.15) is 6.61 Å². The van der Waals surface area contributed by atoms with Gasteiger partial charge in [0, 0.05) is 15.6 Å². The summed E-state index contributed by atoms with van der Waals surface area (Å²) < 4.78 is 11.6. The fourth-order valence-corrected chi connectivity index (χ4v) is 2.24. The molecule has 2 aromatic rings. The van der Waals surface area contributed by atoms with Crippen molar-refractivity contribution in [1.82, 2.24) is 0 Å². The normalized spacial score (nSPS) is 9.76. The molecule has 0 fully saturated rings. The number of ether oxygens (including phenoxy) is 2. The van der Waals surface area contributed by atoms with Crippen LogP contribution in [0.3, 0.4) is 0 Å². The molecule has 0 saturated heterocycles. The van der Waals surface area contributed by atoms with Crippen molar-refractivity contribution < 1.29 is 14.3 Å². The third kappa shape index (κ3) is 3.41. The Morgan fingerprint density at radius 2 is 2.05 bits per heavy atom. The topological polar surface area (TPSA) is 59.3 Å². The number of hydrogen-bond donors (Lipinski definition) is 0. The van der Waals surface area contributed by atoms with E-state index in [1.807, 2.05) is 12.1 Å². The molecule has 0 amide bonds. The molecule has 0 radical (unpaired) electrons. The molecule has 0 N–H and O–H groups in total. The van der Waals surface area contributed by atoms with Crippen LogP contribution in [0.15, 0.2) is 40.9 Å². The maximum Gasteiger partial charge on any atom is 0.162 e. The average Bonchev–Trinajstić information content (AvgIpc) is 2.53. The second-order valence-electron chi connectivity index (χ2n) is 4.20. The van der Waals surface area contributed by atoms with E-state index in [0.717, 1.165) is 11.8 Å². The van der Waals surface area contributed by atoms with Crippen LogP contribution < -0.4 is 9.47 Å². The van der Waals surface area contributed by atoms with E-state index in [9.17, 15) is 4.79 Å². The van der Waals surface area contributed by atoms with Crippen LogP contribution in [0, 0.1) is 11.3 Å². The lowest BCUT2D eigenvalue weighted by molar-refractivity contribution is 0.112. The van der Waals surface area contributed by atoms with E-state index < -0.39 is 0 Å². The molecule has 4 nitrogen and oxygen atoms in total. The van der Waals surface area contributed by atoms with Crippen molar-refractivity contribution in [2.24, 2.45) is 0 Å². The summed E-state index contributed by atoms with van der Waals surface area (Å²) >= 11 is 3.31. The molecular weight excluding hydrogens is 334 g/mol. The monoisotopic (exact) mass is 345 g/mol. The zero-order chi connectivity index (χ0) is 15.2. The molecule has 106 valence electrons. The Hall–Kier alpha value is -2.32. The summed E-state index contributed by atoms with van der Waals surface area (Å²) in [7, 11) is 1.51. The highest BCUT2D eigenvalue weighted by atomic mass is 79.9. The van der Waals surface area contributed by atoms with E-state index in [0.29, 0.717) is 27.1 Å². The van der Waals surface area contributed by atoms with Gasteiger partial charge in [0.15, 0.2) is 17.8 Å². The van der Waals surface area contributed by atoms with Gasteiger partial charge in [-0.15, -0.1) is 0 Å². The van der Waals surface area contributed by atoms with Gasteiger partial charge < -0.3 is 9.47 Å². The minimum Gasteiger partial charge on any atom is -0.493 e. The van der Waals surface area contributed by atoms with Crippen LogP contribution in [-0.2, 0) is 6.61 Å². The number of nitrogens with zero attached hydrogens (tertiary/aromatic N) is 1. The number of carbonyl (C=O) groups excluding carboxylic acids is 1. The maximum atomic E-state index is 10.9. The second kappa shape index (κ2) is 6.91. The minimum atomic E-state index is 0.243. The van der Waals surface area contributed by atoms with Crippen LogP contribution in [0.4, 0.5) is 0 Å². The minimum absolute atomic E-state index is 0.243. The summed E-state index contributed by atoms with van der Waals surface area (Å²) in [5.41, 5.74) is 1.84. The molecule has 0 bridgehead atoms. The molecule has 0 unspecified atom stereocenters. The first kappa shape index (κ1) is 15.1. The number of halogens is 1. The van der Waals surface area contributed by atoms with Gasteiger partial charge in [0.2, 0.25) is 0 Å². The van der Waals surface area contributed by atoms with Gasteiger partial charge >= 0.3 is 0 Å². The Bertz CT molecular complexity index is 707. The zero-order valence-corrected chi connectivity index (χ0v) is 12.9. The number of rotatable bonds is 5. The summed E-state index contributed by atoms with van der Waals surface area (Å²) in [6.45, 7) is 0.243. The summed E-state index contributed by atoms with van der Waals surface area (Å²) in [6.07, 6.45) is 0.737. The molecule has 0 saturated carbocycles. The molecule has 21 heavy (non-hydrogen) atoms. The molecule has 0 aliphatic rings. The highest BCUT2D eigenvalue weighted by molar-refractivity contribution is 9.10. The van der Waals surface area contributed by atoms with E-state index in [4.69, 9.17) is 14.7 Å². The molecule has 2 rings (SSSR count). The number of carbonyl (C=O) groups is 1. The molecule has 2 aromatic carbocycles. The van der Waals surface area contributed by atoms with Crippen molar-refractivity contribution >= 4 is 22.2 Å². The molecule has 0 aliphatic carbocycles. The number of aldehydes is 1. The fourth-order valence-electron chi connectivity index (χ4n) is 1.82. The van der Waals surface area contributed by atoms with E-state index in [2.05, 4.69) is 22.0 Å². The first-order chi connectivity index (χ1) is 10.2. The molecule has 0 spiro atoms. The van der Waals surface area contributed by atoms with Crippen LogP contribution in [0.25, 0.3) is 0 Å². The largest absolute Gasteiger partial charge is 0.493 e. The Morgan fingerprint density at radius 3 is 2.71 bits per heavy atom. The van der Waals surface area contributed by atoms with Gasteiger partial charge in [-0.2, -0.15) is 5.26 Å². The standard InChI is InChI=1S/C16H12BrNO3/c1-20-15-6-13(9-19)14(17)7-16(15)21-10-12-5-3-2-4-11(12)8-18/h2-7,9H,10H2,1H3. The van der Waals surface area contributed by atoms with Crippen LogP contribution in [0.5, 0.6) is 11.5 Å². The number of nitriles is 1. The van der Waals surface area contributed by atoms with Crippen molar-refractivity contribution in [2.45, 2.75) is 6.61 Å². The molecule has 5 heteroatoms. The first-order valence-electron chi connectivity index (χ1n) is 6.13. The second-order valence-corrected chi connectivity index (χ2v) is 5.05. The highest BCUT2D eigenvalue weighted by Crippen LogP contribution is 2.33. The smallest absolute Gasteiger partial charge is 0.162 e. The van der Waals surface area contributed by atoms with Crippen molar-refractivity contribution in [3.8, 4) is 17.6 Å². The average molecular weight is 346 g/mol. The molecular formula is C16H12BrNO3. The van der Waals surface area contributed by atoms with Crippen LogP contribution in [0.1, 0.15) is 21.5 Å². The lowest BCUT2D eigenvalue weighted by Crippen LogP contribution is -2.00. The van der Waals surface area contributed by atoms with Crippen molar-refractivity contribution in [1.29, 1.82) is 5.26 Å². The summed E-state index contributed by atoms with van der Waals surface area (Å²) in [4.78, 5) is 10.9. The first-order valence-corrected chi connectivity index (χ1v) is 6.92. The van der Waals surface area contributed by atoms with Crippen LogP contribution in [0.2, 0.25) is 0 Å². The predicted molar refractivity (Wildman–Crippen MR) is 81.6 cm³/mol. The molecule has 0 aromatic heterocycles. The van der Waals surface area contributed by atoms with Crippen molar-refractivity contribution in [2.75, 3.05) is 7.11 Å². The SMILES string of the molecule is COc1cc(C=O)c(Br)cc1OCc1ccccc1C#N. The van der Waals surface area contributed by atoms with Gasteiger partial charge in [-0.25, -0.2) is 0 Å². The third-order valence-electron chi connectivity index (χ3n) is 2.93. The quantitative estimate of drug-likeness (QED) is 0.775. The lowest BCUT2D eigenvalue weighted by atomic mass is 10.1.